The molecule has 2 aliphatic heterocycles. The number of hydrogen-bond donors (Lipinski definition) is 1. The van der Waals surface area contributed by atoms with E-state index in [0.29, 0.717) is 58.5 Å². The molecule has 0 unspecified atom stereocenters. The first-order valence-corrected chi connectivity index (χ1v) is 9.45. The second kappa shape index (κ2) is 6.72. The van der Waals surface area contributed by atoms with Gasteiger partial charge in [0, 0.05) is 45.5 Å². The lowest BCUT2D eigenvalue weighted by atomic mass is 10.1. The molecular formula is C13H23N3O5S. The SMILES string of the molecule is CS(=O)(=O)C1CCN(C(=O)N2CCCN(C(=O)O)CC2)CC1. The molecule has 0 spiro atoms. The van der Waals surface area contributed by atoms with E-state index in [0.717, 1.165) is 0 Å². The summed E-state index contributed by atoms with van der Waals surface area (Å²) in [6.07, 6.45) is 1.85. The highest BCUT2D eigenvalue weighted by Crippen LogP contribution is 2.18. The average Bonchev–Trinajstić information content (AvgIpc) is 2.71. The van der Waals surface area contributed by atoms with Gasteiger partial charge in [0.25, 0.3) is 0 Å². The number of amides is 3. The van der Waals surface area contributed by atoms with Crippen molar-refractivity contribution in [3.05, 3.63) is 0 Å². The number of carbonyl (C=O) groups excluding carboxylic acids is 1. The van der Waals surface area contributed by atoms with E-state index in [1.807, 2.05) is 0 Å². The molecule has 0 aliphatic carbocycles. The number of likely N-dealkylation sites (tertiary alicyclic amines) is 1. The zero-order valence-corrected chi connectivity index (χ0v) is 13.6. The van der Waals surface area contributed by atoms with Crippen molar-refractivity contribution >= 4 is 22.0 Å². The fourth-order valence-corrected chi connectivity index (χ4v) is 4.04. The second-order valence-corrected chi connectivity index (χ2v) is 8.23. The van der Waals surface area contributed by atoms with Gasteiger partial charge in [-0.25, -0.2) is 18.0 Å². The molecule has 0 bridgehead atoms. The van der Waals surface area contributed by atoms with Crippen molar-refractivity contribution in [2.24, 2.45) is 0 Å². The summed E-state index contributed by atoms with van der Waals surface area (Å²) >= 11 is 0. The van der Waals surface area contributed by atoms with Crippen LogP contribution in [-0.4, -0.2) is 91.1 Å². The minimum atomic E-state index is -3.05. The maximum atomic E-state index is 12.5. The van der Waals surface area contributed by atoms with Crippen molar-refractivity contribution in [1.82, 2.24) is 14.7 Å². The highest BCUT2D eigenvalue weighted by Gasteiger charge is 2.31. The Morgan fingerprint density at radius 3 is 1.95 bits per heavy atom. The predicted octanol–water partition coefficient (Wildman–Crippen LogP) is 0.301. The third-order valence-electron chi connectivity index (χ3n) is 4.35. The van der Waals surface area contributed by atoms with Crippen molar-refractivity contribution in [2.75, 3.05) is 45.5 Å². The highest BCUT2D eigenvalue weighted by molar-refractivity contribution is 7.91. The minimum Gasteiger partial charge on any atom is -0.465 e. The Bertz CT molecular complexity index is 528. The number of piperidine rings is 1. The van der Waals surface area contributed by atoms with Gasteiger partial charge in [-0.2, -0.15) is 0 Å². The summed E-state index contributed by atoms with van der Waals surface area (Å²) in [7, 11) is -3.05. The van der Waals surface area contributed by atoms with Crippen molar-refractivity contribution in [1.29, 1.82) is 0 Å². The average molecular weight is 333 g/mol. The first-order valence-electron chi connectivity index (χ1n) is 7.49. The number of urea groups is 1. The second-order valence-electron chi connectivity index (χ2n) is 5.91. The van der Waals surface area contributed by atoms with Gasteiger partial charge in [0.1, 0.15) is 9.84 Å². The van der Waals surface area contributed by atoms with Crippen LogP contribution in [0.5, 0.6) is 0 Å². The maximum Gasteiger partial charge on any atom is 0.407 e. The molecule has 9 heteroatoms. The normalized spacial score (nSPS) is 21.6. The van der Waals surface area contributed by atoms with E-state index in [-0.39, 0.29) is 11.3 Å². The Morgan fingerprint density at radius 2 is 1.41 bits per heavy atom. The monoisotopic (exact) mass is 333 g/mol. The lowest BCUT2D eigenvalue weighted by molar-refractivity contribution is 0.137. The van der Waals surface area contributed by atoms with E-state index in [1.54, 1.807) is 9.80 Å². The molecule has 0 radical (unpaired) electrons. The van der Waals surface area contributed by atoms with Gasteiger partial charge in [-0.1, -0.05) is 0 Å². The van der Waals surface area contributed by atoms with Gasteiger partial charge in [-0.3, -0.25) is 0 Å². The molecule has 2 rings (SSSR count). The van der Waals surface area contributed by atoms with Crippen molar-refractivity contribution in [3.8, 4) is 0 Å². The highest BCUT2D eigenvalue weighted by atomic mass is 32.2. The zero-order chi connectivity index (χ0) is 16.3. The summed E-state index contributed by atoms with van der Waals surface area (Å²) in [5, 5.41) is 8.64. The van der Waals surface area contributed by atoms with E-state index >= 15 is 0 Å². The summed E-state index contributed by atoms with van der Waals surface area (Å²) in [6, 6.07) is -0.112. The summed E-state index contributed by atoms with van der Waals surface area (Å²) in [6.45, 7) is 2.56. The summed E-state index contributed by atoms with van der Waals surface area (Å²) in [5.74, 6) is 0. The Morgan fingerprint density at radius 1 is 0.909 bits per heavy atom. The molecule has 1 N–H and O–H groups in total. The van der Waals surface area contributed by atoms with Crippen LogP contribution < -0.4 is 0 Å². The molecule has 0 saturated carbocycles. The molecule has 2 aliphatic rings. The molecule has 0 aromatic rings. The summed E-state index contributed by atoms with van der Waals surface area (Å²) < 4.78 is 23.1. The van der Waals surface area contributed by atoms with E-state index in [4.69, 9.17) is 5.11 Å². The molecule has 8 nitrogen and oxygen atoms in total. The smallest absolute Gasteiger partial charge is 0.407 e. The number of rotatable bonds is 1. The maximum absolute atomic E-state index is 12.5. The van der Waals surface area contributed by atoms with Crippen LogP contribution in [0.25, 0.3) is 0 Å². The van der Waals surface area contributed by atoms with E-state index in [1.165, 1.54) is 11.2 Å². The lowest BCUT2D eigenvalue weighted by Crippen LogP contribution is -2.49. The van der Waals surface area contributed by atoms with Gasteiger partial charge >= 0.3 is 12.1 Å². The van der Waals surface area contributed by atoms with Gasteiger partial charge in [0.05, 0.1) is 5.25 Å². The zero-order valence-electron chi connectivity index (χ0n) is 12.8. The summed E-state index contributed by atoms with van der Waals surface area (Å²) in [5.41, 5.74) is 0. The fraction of sp³-hybridized carbons (Fsp3) is 0.846. The number of carboxylic acid groups (broad SMARTS) is 1. The Labute approximate surface area is 130 Å². The Balaban J connectivity index is 1.89. The molecule has 2 heterocycles. The van der Waals surface area contributed by atoms with Crippen LogP contribution in [0.4, 0.5) is 9.59 Å². The molecule has 126 valence electrons. The van der Waals surface area contributed by atoms with Crippen LogP contribution in [0.1, 0.15) is 19.3 Å². The topological polar surface area (TPSA) is 98.2 Å². The molecule has 3 amide bonds. The van der Waals surface area contributed by atoms with Crippen molar-refractivity contribution < 1.29 is 23.1 Å². The molecule has 2 saturated heterocycles. The van der Waals surface area contributed by atoms with Crippen LogP contribution in [0.2, 0.25) is 0 Å². The van der Waals surface area contributed by atoms with Crippen molar-refractivity contribution in [2.45, 2.75) is 24.5 Å². The number of carbonyl (C=O) groups is 2. The molecule has 2 fully saturated rings. The Hall–Kier alpha value is -1.51. The van der Waals surface area contributed by atoms with Crippen LogP contribution >= 0.6 is 0 Å². The molecule has 0 atom stereocenters. The first-order chi connectivity index (χ1) is 10.3. The van der Waals surface area contributed by atoms with Gasteiger partial charge in [-0.05, 0) is 19.3 Å². The van der Waals surface area contributed by atoms with Gasteiger partial charge in [0.2, 0.25) is 0 Å². The molecule has 0 aromatic heterocycles. The number of hydrogen-bond acceptors (Lipinski definition) is 4. The van der Waals surface area contributed by atoms with E-state index in [2.05, 4.69) is 0 Å². The van der Waals surface area contributed by atoms with Gasteiger partial charge < -0.3 is 19.8 Å². The molecule has 0 aromatic carbocycles. The first kappa shape index (κ1) is 16.9. The predicted molar refractivity (Wildman–Crippen MR) is 80.6 cm³/mol. The van der Waals surface area contributed by atoms with E-state index in [9.17, 15) is 18.0 Å². The van der Waals surface area contributed by atoms with Crippen molar-refractivity contribution in [3.63, 3.8) is 0 Å². The summed E-state index contributed by atoms with van der Waals surface area (Å²) in [4.78, 5) is 28.1. The van der Waals surface area contributed by atoms with E-state index < -0.39 is 15.9 Å². The minimum absolute atomic E-state index is 0.112. The third kappa shape index (κ3) is 4.02. The third-order valence-corrected chi connectivity index (χ3v) is 6.04. The van der Waals surface area contributed by atoms with Gasteiger partial charge in [0.15, 0.2) is 0 Å². The quantitative estimate of drug-likeness (QED) is 0.744. The molecule has 22 heavy (non-hydrogen) atoms. The molecular weight excluding hydrogens is 310 g/mol. The largest absolute Gasteiger partial charge is 0.465 e. The van der Waals surface area contributed by atoms with Crippen LogP contribution in [0.3, 0.4) is 0 Å². The fourth-order valence-electron chi connectivity index (χ4n) is 2.98. The Kier molecular flexibility index (Phi) is 5.15. The van der Waals surface area contributed by atoms with Crippen LogP contribution in [-0.2, 0) is 9.84 Å². The van der Waals surface area contributed by atoms with Crippen LogP contribution in [0.15, 0.2) is 0 Å². The van der Waals surface area contributed by atoms with Crippen LogP contribution in [0, 0.1) is 0 Å². The standard InChI is InChI=1S/C13H23N3O5S/c1-22(20,21)11-3-7-15(8-4-11)12(17)14-5-2-6-16(10-9-14)13(18)19/h11H,2-10H2,1H3,(H,18,19). The lowest BCUT2D eigenvalue weighted by Gasteiger charge is -2.34. The number of nitrogens with zero attached hydrogens (tertiary/aromatic N) is 3. The van der Waals surface area contributed by atoms with Gasteiger partial charge in [-0.15, -0.1) is 0 Å². The number of sulfone groups is 1.